The highest BCUT2D eigenvalue weighted by Gasteiger charge is 2.17. The minimum atomic E-state index is -0.417. The van der Waals surface area contributed by atoms with Gasteiger partial charge in [0.25, 0.3) is 11.2 Å². The molecule has 7 nitrogen and oxygen atoms in total. The number of aromatic nitrogens is 2. The fourth-order valence-electron chi connectivity index (χ4n) is 2.94. The number of furan rings is 1. The third-order valence-corrected chi connectivity index (χ3v) is 5.58. The summed E-state index contributed by atoms with van der Waals surface area (Å²) in [5.74, 6) is 0.892. The van der Waals surface area contributed by atoms with E-state index < -0.39 is 4.92 Å². The Kier molecular flexibility index (Phi) is 5.37. The van der Waals surface area contributed by atoms with E-state index in [1.54, 1.807) is 48.5 Å². The van der Waals surface area contributed by atoms with Crippen molar-refractivity contribution in [3.8, 4) is 0 Å². The standard InChI is InChI=1S/C20H14ClN3O4S/c21-14-7-8-16-17(10-14)22-20(23(19(16)25)11-15-5-3-9-28-15)29-12-13-4-1-2-6-18(13)24(26)27/h1-10H,11-12H2. The maximum absolute atomic E-state index is 13.1. The average molecular weight is 428 g/mol. The van der Waals surface area contributed by atoms with Crippen LogP contribution < -0.4 is 5.56 Å². The van der Waals surface area contributed by atoms with Gasteiger partial charge in [0.2, 0.25) is 0 Å². The molecule has 0 aliphatic rings. The van der Waals surface area contributed by atoms with Gasteiger partial charge in [0.15, 0.2) is 5.16 Å². The van der Waals surface area contributed by atoms with Crippen LogP contribution in [0.5, 0.6) is 0 Å². The van der Waals surface area contributed by atoms with Crippen LogP contribution in [0.4, 0.5) is 5.69 Å². The van der Waals surface area contributed by atoms with Gasteiger partial charge < -0.3 is 4.42 Å². The van der Waals surface area contributed by atoms with Gasteiger partial charge in [0.1, 0.15) is 5.76 Å². The van der Waals surface area contributed by atoms with Crippen LogP contribution in [-0.2, 0) is 12.3 Å². The van der Waals surface area contributed by atoms with Crippen molar-refractivity contribution < 1.29 is 9.34 Å². The number of benzene rings is 2. The molecule has 0 saturated heterocycles. The molecule has 2 aromatic carbocycles. The SMILES string of the molecule is O=c1c2ccc(Cl)cc2nc(SCc2ccccc2[N+](=O)[O-])n1Cc1ccco1. The Labute approximate surface area is 174 Å². The molecule has 2 heterocycles. The summed E-state index contributed by atoms with van der Waals surface area (Å²) in [4.78, 5) is 28.5. The molecule has 0 aliphatic carbocycles. The van der Waals surface area contributed by atoms with Crippen LogP contribution in [0.1, 0.15) is 11.3 Å². The Morgan fingerprint density at radius 2 is 2.00 bits per heavy atom. The zero-order chi connectivity index (χ0) is 20.4. The van der Waals surface area contributed by atoms with E-state index in [0.29, 0.717) is 32.4 Å². The Morgan fingerprint density at radius 1 is 1.17 bits per heavy atom. The van der Waals surface area contributed by atoms with E-state index in [1.165, 1.54) is 28.7 Å². The molecule has 0 fully saturated rings. The fraction of sp³-hybridized carbons (Fsp3) is 0.100. The molecule has 0 atom stereocenters. The summed E-state index contributed by atoms with van der Waals surface area (Å²) in [6, 6.07) is 14.9. The lowest BCUT2D eigenvalue weighted by Gasteiger charge is -2.12. The molecule has 29 heavy (non-hydrogen) atoms. The summed E-state index contributed by atoms with van der Waals surface area (Å²) >= 11 is 7.31. The van der Waals surface area contributed by atoms with Crippen molar-refractivity contribution in [2.45, 2.75) is 17.5 Å². The van der Waals surface area contributed by atoms with Crippen LogP contribution in [0, 0.1) is 10.1 Å². The molecule has 2 aromatic heterocycles. The van der Waals surface area contributed by atoms with E-state index in [2.05, 4.69) is 4.98 Å². The van der Waals surface area contributed by atoms with Crippen LogP contribution in [-0.4, -0.2) is 14.5 Å². The second-order valence-corrected chi connectivity index (χ2v) is 7.58. The van der Waals surface area contributed by atoms with Crippen molar-refractivity contribution >= 4 is 40.0 Å². The van der Waals surface area contributed by atoms with Crippen LogP contribution in [0.3, 0.4) is 0 Å². The first-order chi connectivity index (χ1) is 14.0. The summed E-state index contributed by atoms with van der Waals surface area (Å²) < 4.78 is 6.89. The minimum Gasteiger partial charge on any atom is -0.467 e. The lowest BCUT2D eigenvalue weighted by Crippen LogP contribution is -2.23. The van der Waals surface area contributed by atoms with Crippen molar-refractivity contribution in [3.05, 3.63) is 97.7 Å². The van der Waals surface area contributed by atoms with E-state index in [9.17, 15) is 14.9 Å². The van der Waals surface area contributed by atoms with Crippen LogP contribution in [0.25, 0.3) is 10.9 Å². The fourth-order valence-corrected chi connectivity index (χ4v) is 4.10. The quantitative estimate of drug-likeness (QED) is 0.188. The molecular weight excluding hydrogens is 414 g/mol. The second kappa shape index (κ2) is 8.10. The van der Waals surface area contributed by atoms with Gasteiger partial charge in [-0.1, -0.05) is 41.6 Å². The third kappa shape index (κ3) is 4.03. The first-order valence-corrected chi connectivity index (χ1v) is 9.97. The van der Waals surface area contributed by atoms with Gasteiger partial charge in [-0.05, 0) is 30.3 Å². The minimum absolute atomic E-state index is 0.0313. The topological polar surface area (TPSA) is 91.2 Å². The maximum Gasteiger partial charge on any atom is 0.273 e. The molecule has 4 aromatic rings. The number of rotatable bonds is 6. The van der Waals surface area contributed by atoms with Crippen molar-refractivity contribution in [3.63, 3.8) is 0 Å². The zero-order valence-electron chi connectivity index (χ0n) is 14.9. The summed E-state index contributed by atoms with van der Waals surface area (Å²) in [6.45, 7) is 0.205. The molecular formula is C20H14ClN3O4S. The molecule has 4 rings (SSSR count). The van der Waals surface area contributed by atoms with Crippen molar-refractivity contribution in [1.29, 1.82) is 0 Å². The molecule has 9 heteroatoms. The molecule has 0 N–H and O–H groups in total. The highest BCUT2D eigenvalue weighted by atomic mass is 35.5. The Morgan fingerprint density at radius 3 is 2.76 bits per heavy atom. The number of nitrogens with zero attached hydrogens (tertiary/aromatic N) is 3. The van der Waals surface area contributed by atoms with Crippen LogP contribution in [0.2, 0.25) is 5.02 Å². The molecule has 0 aliphatic heterocycles. The Bertz CT molecular complexity index is 1250. The Balaban J connectivity index is 1.77. The van der Waals surface area contributed by atoms with Gasteiger partial charge in [-0.3, -0.25) is 19.5 Å². The van der Waals surface area contributed by atoms with Gasteiger partial charge in [0.05, 0.1) is 28.6 Å². The Hall–Kier alpha value is -3.10. The zero-order valence-corrected chi connectivity index (χ0v) is 16.5. The third-order valence-electron chi connectivity index (χ3n) is 4.32. The monoisotopic (exact) mass is 427 g/mol. The molecule has 0 bridgehead atoms. The van der Waals surface area contributed by atoms with Gasteiger partial charge >= 0.3 is 0 Å². The smallest absolute Gasteiger partial charge is 0.273 e. The summed E-state index contributed by atoms with van der Waals surface area (Å²) in [5, 5.41) is 12.6. The van der Waals surface area contributed by atoms with Crippen molar-refractivity contribution in [1.82, 2.24) is 9.55 Å². The first kappa shape index (κ1) is 19.2. The van der Waals surface area contributed by atoms with Crippen molar-refractivity contribution in [2.24, 2.45) is 0 Å². The second-order valence-electron chi connectivity index (χ2n) is 6.20. The predicted octanol–water partition coefficient (Wildman–Crippen LogP) is 4.89. The summed E-state index contributed by atoms with van der Waals surface area (Å²) in [7, 11) is 0. The summed E-state index contributed by atoms with van der Waals surface area (Å²) in [6.07, 6.45) is 1.54. The van der Waals surface area contributed by atoms with Crippen LogP contribution in [0.15, 0.2) is 75.2 Å². The number of hydrogen-bond donors (Lipinski definition) is 0. The van der Waals surface area contributed by atoms with E-state index in [0.717, 1.165) is 0 Å². The lowest BCUT2D eigenvalue weighted by molar-refractivity contribution is -0.385. The first-order valence-electron chi connectivity index (χ1n) is 8.60. The molecule has 0 saturated carbocycles. The highest BCUT2D eigenvalue weighted by Crippen LogP contribution is 2.28. The molecule has 146 valence electrons. The number of fused-ring (bicyclic) bond motifs is 1. The normalized spacial score (nSPS) is 11.1. The number of hydrogen-bond acceptors (Lipinski definition) is 6. The molecule has 0 spiro atoms. The van der Waals surface area contributed by atoms with Crippen LogP contribution >= 0.6 is 23.4 Å². The van der Waals surface area contributed by atoms with Crippen molar-refractivity contribution in [2.75, 3.05) is 0 Å². The lowest BCUT2D eigenvalue weighted by atomic mass is 10.2. The van der Waals surface area contributed by atoms with E-state index in [-0.39, 0.29) is 23.5 Å². The maximum atomic E-state index is 13.1. The van der Waals surface area contributed by atoms with Gasteiger partial charge in [-0.15, -0.1) is 0 Å². The van der Waals surface area contributed by atoms with E-state index in [1.807, 2.05) is 0 Å². The average Bonchev–Trinajstić information content (AvgIpc) is 3.22. The highest BCUT2D eigenvalue weighted by molar-refractivity contribution is 7.98. The largest absolute Gasteiger partial charge is 0.467 e. The summed E-state index contributed by atoms with van der Waals surface area (Å²) in [5.41, 5.74) is 0.827. The number of nitro groups is 1. The predicted molar refractivity (Wildman–Crippen MR) is 111 cm³/mol. The van der Waals surface area contributed by atoms with Gasteiger partial charge in [-0.25, -0.2) is 4.98 Å². The molecule has 0 radical (unpaired) electrons. The van der Waals surface area contributed by atoms with E-state index >= 15 is 0 Å². The number of para-hydroxylation sites is 1. The number of thioether (sulfide) groups is 1. The number of halogens is 1. The van der Waals surface area contributed by atoms with E-state index in [4.69, 9.17) is 16.0 Å². The number of nitro benzene ring substituents is 1. The van der Waals surface area contributed by atoms with Gasteiger partial charge in [0, 0.05) is 22.4 Å². The molecule has 0 amide bonds. The van der Waals surface area contributed by atoms with Gasteiger partial charge in [-0.2, -0.15) is 0 Å². The molecule has 0 unspecified atom stereocenters.